The summed E-state index contributed by atoms with van der Waals surface area (Å²) in [5, 5.41) is 11.8. The molecule has 6 nitrogen and oxygen atoms in total. The highest BCUT2D eigenvalue weighted by Crippen LogP contribution is 2.31. The maximum atomic E-state index is 13.8. The van der Waals surface area contributed by atoms with Crippen molar-refractivity contribution in [3.63, 3.8) is 0 Å². The van der Waals surface area contributed by atoms with Crippen LogP contribution in [0.5, 0.6) is 5.75 Å². The van der Waals surface area contributed by atoms with Gasteiger partial charge in [-0.3, -0.25) is 9.59 Å². The molecule has 2 amide bonds. The van der Waals surface area contributed by atoms with E-state index in [2.05, 4.69) is 29.6 Å². The SMILES string of the molecule is CCC(Oc1cccc2ccccc12)C(=O)Nc1ccc(N2N=C(c3ccc(Cl)cc3)C(Cc3ccc(C)cc3)C2=O)cc1. The number of rotatable bonds is 9. The Bertz CT molecular complexity index is 1830. The highest BCUT2D eigenvalue weighted by atomic mass is 35.5. The predicted molar refractivity (Wildman–Crippen MR) is 178 cm³/mol. The first kappa shape index (κ1) is 29.1. The van der Waals surface area contributed by atoms with E-state index in [1.165, 1.54) is 5.01 Å². The fourth-order valence-corrected chi connectivity index (χ4v) is 5.51. The van der Waals surface area contributed by atoms with Gasteiger partial charge in [-0.25, -0.2) is 0 Å². The maximum Gasteiger partial charge on any atom is 0.265 e. The number of carbonyl (C=O) groups is 2. The van der Waals surface area contributed by atoms with Crippen LogP contribution in [0.15, 0.2) is 120 Å². The molecule has 0 spiro atoms. The fourth-order valence-electron chi connectivity index (χ4n) is 5.38. The van der Waals surface area contributed by atoms with Crippen LogP contribution in [0.3, 0.4) is 0 Å². The molecule has 1 N–H and O–H groups in total. The second kappa shape index (κ2) is 12.7. The van der Waals surface area contributed by atoms with Crippen LogP contribution < -0.4 is 15.1 Å². The quantitative estimate of drug-likeness (QED) is 0.185. The zero-order valence-electron chi connectivity index (χ0n) is 24.5. The number of nitrogens with zero attached hydrogens (tertiary/aromatic N) is 2. The van der Waals surface area contributed by atoms with Crippen molar-refractivity contribution in [2.45, 2.75) is 32.8 Å². The molecule has 1 aliphatic rings. The largest absolute Gasteiger partial charge is 0.480 e. The Hall–Kier alpha value is -4.94. The zero-order chi connectivity index (χ0) is 30.6. The van der Waals surface area contributed by atoms with Crippen molar-refractivity contribution in [2.24, 2.45) is 11.0 Å². The van der Waals surface area contributed by atoms with Crippen LogP contribution in [0.25, 0.3) is 10.8 Å². The van der Waals surface area contributed by atoms with Crippen LogP contribution in [0.4, 0.5) is 11.4 Å². The van der Waals surface area contributed by atoms with Gasteiger partial charge < -0.3 is 10.1 Å². The molecule has 1 aliphatic heterocycles. The van der Waals surface area contributed by atoms with Gasteiger partial charge in [0.25, 0.3) is 11.8 Å². The number of hydrogen-bond acceptors (Lipinski definition) is 4. The van der Waals surface area contributed by atoms with Crippen LogP contribution >= 0.6 is 11.6 Å². The average molecular weight is 602 g/mol. The molecule has 220 valence electrons. The Morgan fingerprint density at radius 2 is 1.61 bits per heavy atom. The lowest BCUT2D eigenvalue weighted by Crippen LogP contribution is -2.32. The third-order valence-electron chi connectivity index (χ3n) is 7.81. The van der Waals surface area contributed by atoms with Gasteiger partial charge in [-0.05, 0) is 78.7 Å². The molecule has 5 aromatic rings. The first-order valence-corrected chi connectivity index (χ1v) is 15.1. The lowest BCUT2D eigenvalue weighted by atomic mass is 9.90. The second-order valence-electron chi connectivity index (χ2n) is 10.9. The molecule has 0 aromatic heterocycles. The van der Waals surface area contributed by atoms with Crippen molar-refractivity contribution in [3.8, 4) is 5.75 Å². The van der Waals surface area contributed by atoms with E-state index in [-0.39, 0.29) is 11.8 Å². The minimum absolute atomic E-state index is 0.109. The van der Waals surface area contributed by atoms with E-state index in [9.17, 15) is 9.59 Å². The van der Waals surface area contributed by atoms with Crippen molar-refractivity contribution in [1.29, 1.82) is 0 Å². The topological polar surface area (TPSA) is 71.0 Å². The van der Waals surface area contributed by atoms with Crippen LogP contribution in [0.1, 0.15) is 30.0 Å². The molecule has 0 bridgehead atoms. The van der Waals surface area contributed by atoms with E-state index in [1.54, 1.807) is 36.4 Å². The molecule has 5 aromatic carbocycles. The van der Waals surface area contributed by atoms with Gasteiger partial charge in [0, 0.05) is 16.1 Å². The Kier molecular flexibility index (Phi) is 8.44. The van der Waals surface area contributed by atoms with Crippen molar-refractivity contribution >= 4 is 51.3 Å². The van der Waals surface area contributed by atoms with E-state index >= 15 is 0 Å². The lowest BCUT2D eigenvalue weighted by Gasteiger charge is -2.19. The summed E-state index contributed by atoms with van der Waals surface area (Å²) in [6.45, 7) is 3.96. The van der Waals surface area contributed by atoms with E-state index in [0.717, 1.165) is 27.5 Å². The van der Waals surface area contributed by atoms with Gasteiger partial charge in [-0.2, -0.15) is 10.1 Å². The molecule has 7 heteroatoms. The number of hydrazone groups is 1. The monoisotopic (exact) mass is 601 g/mol. The van der Waals surface area contributed by atoms with Gasteiger partial charge in [-0.1, -0.05) is 96.9 Å². The Balaban J connectivity index is 1.20. The summed E-state index contributed by atoms with van der Waals surface area (Å²) >= 11 is 6.14. The number of aryl methyl sites for hydroxylation is 1. The summed E-state index contributed by atoms with van der Waals surface area (Å²) in [5.41, 5.74) is 4.99. The number of carbonyl (C=O) groups excluding carboxylic acids is 2. The summed E-state index contributed by atoms with van der Waals surface area (Å²) < 4.78 is 6.17. The minimum atomic E-state index is -0.672. The number of hydrogen-bond donors (Lipinski definition) is 1. The summed E-state index contributed by atoms with van der Waals surface area (Å²) in [7, 11) is 0. The van der Waals surface area contributed by atoms with Crippen LogP contribution in [-0.2, 0) is 16.0 Å². The molecule has 44 heavy (non-hydrogen) atoms. The molecule has 0 saturated heterocycles. The standard InChI is InChI=1S/C37H32ClN3O3/c1-3-33(44-34-10-6-8-26-7-4-5-9-31(26)34)36(42)39-29-19-21-30(22-20-29)41-37(43)32(23-25-13-11-24(2)12-14-25)35(40-41)27-15-17-28(38)18-16-27/h4-22,32-33H,3,23H2,1-2H3,(H,39,42). The molecule has 2 atom stereocenters. The molecule has 6 rings (SSSR count). The normalized spacial score (nSPS) is 15.2. The van der Waals surface area contributed by atoms with Gasteiger partial charge in [0.1, 0.15) is 5.75 Å². The molecule has 0 radical (unpaired) electrons. The summed E-state index contributed by atoms with van der Waals surface area (Å²) in [6, 6.07) is 36.5. The minimum Gasteiger partial charge on any atom is -0.480 e. The van der Waals surface area contributed by atoms with Crippen molar-refractivity contribution in [2.75, 3.05) is 10.3 Å². The van der Waals surface area contributed by atoms with Crippen molar-refractivity contribution in [3.05, 3.63) is 137 Å². The number of nitrogens with one attached hydrogen (secondary N) is 1. The number of ether oxygens (including phenoxy) is 1. The summed E-state index contributed by atoms with van der Waals surface area (Å²) in [6.07, 6.45) is 0.357. The zero-order valence-corrected chi connectivity index (χ0v) is 25.3. The molecular formula is C37H32ClN3O3. The lowest BCUT2D eigenvalue weighted by molar-refractivity contribution is -0.123. The van der Waals surface area contributed by atoms with Crippen molar-refractivity contribution < 1.29 is 14.3 Å². The third kappa shape index (κ3) is 6.21. The van der Waals surface area contributed by atoms with Crippen LogP contribution in [-0.4, -0.2) is 23.6 Å². The van der Waals surface area contributed by atoms with Gasteiger partial charge in [-0.15, -0.1) is 0 Å². The second-order valence-corrected chi connectivity index (χ2v) is 11.3. The number of amides is 2. The highest BCUT2D eigenvalue weighted by molar-refractivity contribution is 6.31. The van der Waals surface area contributed by atoms with Gasteiger partial charge in [0.2, 0.25) is 0 Å². The van der Waals surface area contributed by atoms with Crippen LogP contribution in [0, 0.1) is 12.8 Å². The Morgan fingerprint density at radius 1 is 0.909 bits per heavy atom. The number of halogens is 1. The fraction of sp³-hybridized carbons (Fsp3) is 0.162. The maximum absolute atomic E-state index is 13.8. The first-order valence-electron chi connectivity index (χ1n) is 14.7. The van der Waals surface area contributed by atoms with Gasteiger partial charge >= 0.3 is 0 Å². The smallest absolute Gasteiger partial charge is 0.265 e. The van der Waals surface area contributed by atoms with E-state index in [1.807, 2.05) is 68.4 Å². The third-order valence-corrected chi connectivity index (χ3v) is 8.06. The first-order chi connectivity index (χ1) is 21.4. The van der Waals surface area contributed by atoms with E-state index in [0.29, 0.717) is 40.7 Å². The molecule has 1 heterocycles. The molecule has 2 unspecified atom stereocenters. The average Bonchev–Trinajstić information content (AvgIpc) is 3.36. The Morgan fingerprint density at radius 3 is 2.34 bits per heavy atom. The molecular weight excluding hydrogens is 570 g/mol. The van der Waals surface area contributed by atoms with Gasteiger partial charge in [0.15, 0.2) is 6.10 Å². The molecule has 0 aliphatic carbocycles. The number of benzene rings is 5. The molecule has 0 saturated carbocycles. The van der Waals surface area contributed by atoms with Gasteiger partial charge in [0.05, 0.1) is 17.3 Å². The molecule has 0 fully saturated rings. The number of anilines is 2. The van der Waals surface area contributed by atoms with Crippen molar-refractivity contribution in [1.82, 2.24) is 0 Å². The van der Waals surface area contributed by atoms with Crippen LogP contribution in [0.2, 0.25) is 5.02 Å². The van der Waals surface area contributed by atoms with E-state index in [4.69, 9.17) is 21.4 Å². The highest BCUT2D eigenvalue weighted by Gasteiger charge is 2.37. The van der Waals surface area contributed by atoms with E-state index < -0.39 is 12.0 Å². The predicted octanol–water partition coefficient (Wildman–Crippen LogP) is 8.21. The number of fused-ring (bicyclic) bond motifs is 1. The summed E-state index contributed by atoms with van der Waals surface area (Å²) in [4.78, 5) is 27.0. The summed E-state index contributed by atoms with van der Waals surface area (Å²) in [5.74, 6) is -0.134. The Labute approximate surface area is 261 Å².